The predicted molar refractivity (Wildman–Crippen MR) is 100 cm³/mol. The Kier molecular flexibility index (Phi) is 5.55. The molecule has 28 heavy (non-hydrogen) atoms. The summed E-state index contributed by atoms with van der Waals surface area (Å²) in [6, 6.07) is 6.16. The number of benzene rings is 2. The van der Waals surface area contributed by atoms with E-state index in [0.29, 0.717) is 10.9 Å². The van der Waals surface area contributed by atoms with Crippen LogP contribution in [0.15, 0.2) is 47.5 Å². The van der Waals surface area contributed by atoms with Gasteiger partial charge in [0.05, 0.1) is 5.02 Å². The minimum absolute atomic E-state index is 0.0624. The molecule has 1 heterocycles. The Hall–Kier alpha value is -1.94. The Labute approximate surface area is 168 Å². The van der Waals surface area contributed by atoms with Crippen molar-refractivity contribution in [1.29, 1.82) is 0 Å². The summed E-state index contributed by atoms with van der Waals surface area (Å²) in [5, 5.41) is 9.83. The number of rotatable bonds is 5. The Morgan fingerprint density at radius 1 is 1.18 bits per heavy atom. The highest BCUT2D eigenvalue weighted by Crippen LogP contribution is 2.35. The van der Waals surface area contributed by atoms with E-state index in [1.807, 2.05) is 0 Å². The second-order valence-electron chi connectivity index (χ2n) is 6.01. The third-order valence-electron chi connectivity index (χ3n) is 4.05. The molecule has 2 aromatic carbocycles. The van der Waals surface area contributed by atoms with Gasteiger partial charge < -0.3 is 10.1 Å². The average molecular weight is 453 g/mol. The van der Waals surface area contributed by atoms with Crippen molar-refractivity contribution in [2.75, 3.05) is 0 Å². The molecule has 3 aromatic rings. The topological polar surface area (TPSA) is 82.2 Å². The van der Waals surface area contributed by atoms with Crippen molar-refractivity contribution in [2.45, 2.75) is 23.5 Å². The normalized spacial score (nSPS) is 13.8. The second kappa shape index (κ2) is 7.47. The van der Waals surface area contributed by atoms with Crippen LogP contribution >= 0.6 is 23.2 Å². The molecule has 0 bridgehead atoms. The van der Waals surface area contributed by atoms with Crippen LogP contribution in [-0.2, 0) is 16.4 Å². The van der Waals surface area contributed by atoms with E-state index in [2.05, 4.69) is 4.98 Å². The van der Waals surface area contributed by atoms with Gasteiger partial charge in [-0.2, -0.15) is 17.9 Å². The maximum atomic E-state index is 13.6. The van der Waals surface area contributed by atoms with E-state index in [1.54, 1.807) is 29.0 Å². The van der Waals surface area contributed by atoms with E-state index >= 15 is 0 Å². The van der Waals surface area contributed by atoms with Gasteiger partial charge in [0.25, 0.3) is 0 Å². The van der Waals surface area contributed by atoms with Crippen molar-refractivity contribution in [3.05, 3.63) is 58.2 Å². The van der Waals surface area contributed by atoms with Gasteiger partial charge in [-0.25, -0.2) is 8.42 Å². The molecule has 1 unspecified atom stereocenters. The largest absolute Gasteiger partial charge is 0.506 e. The second-order valence-corrected chi connectivity index (χ2v) is 8.51. The van der Waals surface area contributed by atoms with Gasteiger partial charge in [0.2, 0.25) is 10.0 Å². The smallest absolute Gasteiger partial charge is 0.405 e. The monoisotopic (exact) mass is 452 g/mol. The van der Waals surface area contributed by atoms with Crippen molar-refractivity contribution in [2.24, 2.45) is 0 Å². The van der Waals surface area contributed by atoms with Crippen LogP contribution in [0.4, 0.5) is 13.2 Å². The van der Waals surface area contributed by atoms with Gasteiger partial charge in [0.15, 0.2) is 0 Å². The first-order chi connectivity index (χ1) is 13.0. The minimum Gasteiger partial charge on any atom is -0.506 e. The standard InChI is InChI=1S/C17H13Cl2F3N2O3S/c18-10-6-12(19)16(14(25)7-10)28(26,27)24-15(17(20,21)22)5-9-8-23-13-4-2-1-3-11(9)13/h1-4,6-8,15,23-25H,5H2. The highest BCUT2D eigenvalue weighted by atomic mass is 35.5. The summed E-state index contributed by atoms with van der Waals surface area (Å²) in [6.07, 6.45) is -4.15. The SMILES string of the molecule is O=S(=O)(NC(Cc1c[nH]c2ccccc12)C(F)(F)F)c1c(O)cc(Cl)cc1Cl. The molecule has 1 aromatic heterocycles. The van der Waals surface area contributed by atoms with E-state index in [0.717, 1.165) is 12.1 Å². The fourth-order valence-electron chi connectivity index (χ4n) is 2.80. The zero-order chi connectivity index (χ0) is 20.7. The number of nitrogens with one attached hydrogen (secondary N) is 2. The molecule has 0 aliphatic carbocycles. The molecular weight excluding hydrogens is 440 g/mol. The van der Waals surface area contributed by atoms with E-state index in [1.165, 1.54) is 6.20 Å². The molecule has 0 fully saturated rings. The summed E-state index contributed by atoms with van der Waals surface area (Å²) in [5.41, 5.74) is 0.909. The molecule has 3 rings (SSSR count). The van der Waals surface area contributed by atoms with Gasteiger partial charge in [0.1, 0.15) is 16.7 Å². The molecule has 1 atom stereocenters. The van der Waals surface area contributed by atoms with Crippen LogP contribution < -0.4 is 4.72 Å². The fourth-order valence-corrected chi connectivity index (χ4v) is 4.95. The summed E-state index contributed by atoms with van der Waals surface area (Å²) >= 11 is 11.4. The maximum Gasteiger partial charge on any atom is 0.405 e. The summed E-state index contributed by atoms with van der Waals surface area (Å²) in [7, 11) is -4.80. The third kappa shape index (κ3) is 4.22. The molecule has 0 aliphatic rings. The number of H-pyrrole nitrogens is 1. The summed E-state index contributed by atoms with van der Waals surface area (Å²) in [4.78, 5) is 1.97. The van der Waals surface area contributed by atoms with Crippen LogP contribution in [0.5, 0.6) is 5.75 Å². The van der Waals surface area contributed by atoms with Crippen LogP contribution in [-0.4, -0.2) is 30.7 Å². The Morgan fingerprint density at radius 2 is 1.86 bits per heavy atom. The predicted octanol–water partition coefficient (Wildman–Crippen LogP) is 4.63. The van der Waals surface area contributed by atoms with Crippen molar-refractivity contribution in [1.82, 2.24) is 9.71 Å². The lowest BCUT2D eigenvalue weighted by atomic mass is 10.1. The number of para-hydroxylation sites is 1. The van der Waals surface area contributed by atoms with Gasteiger partial charge >= 0.3 is 6.18 Å². The number of sulfonamides is 1. The number of halogens is 5. The summed E-state index contributed by atoms with van der Waals surface area (Å²) in [6.45, 7) is 0. The number of aromatic amines is 1. The molecule has 0 radical (unpaired) electrons. The molecule has 0 saturated heterocycles. The van der Waals surface area contributed by atoms with Gasteiger partial charge in [-0.05, 0) is 24.1 Å². The van der Waals surface area contributed by atoms with Crippen LogP contribution in [0.25, 0.3) is 10.9 Å². The quantitative estimate of drug-likeness (QED) is 0.527. The number of aromatic hydroxyl groups is 1. The first-order valence-electron chi connectivity index (χ1n) is 7.81. The lowest BCUT2D eigenvalue weighted by Crippen LogP contribution is -2.46. The lowest BCUT2D eigenvalue weighted by molar-refractivity contribution is -0.150. The molecule has 5 nitrogen and oxygen atoms in total. The van der Waals surface area contributed by atoms with Crippen LogP contribution in [0, 0.1) is 0 Å². The van der Waals surface area contributed by atoms with Crippen molar-refractivity contribution >= 4 is 44.1 Å². The molecule has 3 N–H and O–H groups in total. The zero-order valence-corrected chi connectivity index (χ0v) is 16.2. The minimum atomic E-state index is -4.89. The number of aromatic nitrogens is 1. The molecule has 0 amide bonds. The molecule has 0 aliphatic heterocycles. The number of phenolic OH excluding ortho intramolecular Hbond substituents is 1. The van der Waals surface area contributed by atoms with Gasteiger partial charge in [-0.1, -0.05) is 41.4 Å². The van der Waals surface area contributed by atoms with E-state index in [-0.39, 0.29) is 10.6 Å². The number of alkyl halides is 3. The Balaban J connectivity index is 1.98. The molecular formula is C17H13Cl2F3N2O3S. The first-order valence-corrected chi connectivity index (χ1v) is 10.0. The fraction of sp³-hybridized carbons (Fsp3) is 0.176. The van der Waals surface area contributed by atoms with Crippen LogP contribution in [0.1, 0.15) is 5.56 Å². The number of fused-ring (bicyclic) bond motifs is 1. The molecule has 0 saturated carbocycles. The Bertz CT molecular complexity index is 1110. The van der Waals surface area contributed by atoms with Crippen LogP contribution in [0.2, 0.25) is 10.0 Å². The number of phenols is 1. The maximum absolute atomic E-state index is 13.6. The number of hydrogen-bond acceptors (Lipinski definition) is 3. The molecule has 11 heteroatoms. The summed E-state index contributed by atoms with van der Waals surface area (Å²) in [5.74, 6) is -0.849. The van der Waals surface area contributed by atoms with Gasteiger partial charge in [-0.3, -0.25) is 0 Å². The van der Waals surface area contributed by atoms with Crippen molar-refractivity contribution in [3.8, 4) is 5.75 Å². The highest BCUT2D eigenvalue weighted by Gasteiger charge is 2.43. The van der Waals surface area contributed by atoms with Gasteiger partial charge in [-0.15, -0.1) is 0 Å². The average Bonchev–Trinajstić information content (AvgIpc) is 2.95. The highest BCUT2D eigenvalue weighted by molar-refractivity contribution is 7.89. The van der Waals surface area contributed by atoms with E-state index in [9.17, 15) is 26.7 Å². The summed E-state index contributed by atoms with van der Waals surface area (Å²) < 4.78 is 67.4. The zero-order valence-electron chi connectivity index (χ0n) is 13.9. The molecule has 0 spiro atoms. The molecule has 150 valence electrons. The van der Waals surface area contributed by atoms with Crippen molar-refractivity contribution in [3.63, 3.8) is 0 Å². The van der Waals surface area contributed by atoms with E-state index in [4.69, 9.17) is 23.2 Å². The van der Waals surface area contributed by atoms with E-state index < -0.39 is 44.3 Å². The number of hydrogen-bond donors (Lipinski definition) is 3. The van der Waals surface area contributed by atoms with Crippen molar-refractivity contribution < 1.29 is 26.7 Å². The van der Waals surface area contributed by atoms with Crippen LogP contribution in [0.3, 0.4) is 0 Å². The van der Waals surface area contributed by atoms with Gasteiger partial charge in [0, 0.05) is 28.2 Å². The third-order valence-corrected chi connectivity index (χ3v) is 6.24. The first kappa shape index (κ1) is 20.8. The Morgan fingerprint density at radius 3 is 2.50 bits per heavy atom. The lowest BCUT2D eigenvalue weighted by Gasteiger charge is -2.22.